The second-order valence-electron chi connectivity index (χ2n) is 6.46. The smallest absolute Gasteiger partial charge is 0.119 e. The fraction of sp³-hybridized carbons (Fsp3) is 0.556. The van der Waals surface area contributed by atoms with Gasteiger partial charge in [-0.25, -0.2) is 0 Å². The van der Waals surface area contributed by atoms with Crippen molar-refractivity contribution in [3.63, 3.8) is 0 Å². The van der Waals surface area contributed by atoms with Gasteiger partial charge in [-0.15, -0.1) is 0 Å². The monoisotopic (exact) mass is 306 g/mol. The number of hydrogen-bond donors (Lipinski definition) is 4. The van der Waals surface area contributed by atoms with Crippen LogP contribution in [0.5, 0.6) is 0 Å². The molecule has 0 aromatic carbocycles. The molecule has 0 saturated heterocycles. The molecule has 4 atom stereocenters. The van der Waals surface area contributed by atoms with Crippen LogP contribution in [0.4, 0.5) is 0 Å². The number of rotatable bonds is 4. The van der Waals surface area contributed by atoms with E-state index < -0.39 is 6.10 Å². The molecular weight excluding hydrogens is 280 g/mol. The predicted molar refractivity (Wildman–Crippen MR) is 86.2 cm³/mol. The highest BCUT2D eigenvalue weighted by Crippen LogP contribution is 2.37. The van der Waals surface area contributed by atoms with Crippen LogP contribution in [0.15, 0.2) is 46.3 Å². The summed E-state index contributed by atoms with van der Waals surface area (Å²) < 4.78 is 0. The zero-order valence-corrected chi connectivity index (χ0v) is 13.5. The Morgan fingerprint density at radius 2 is 1.77 bits per heavy atom. The fourth-order valence-corrected chi connectivity index (χ4v) is 3.32. The van der Waals surface area contributed by atoms with Gasteiger partial charge in [0, 0.05) is 11.5 Å². The molecule has 0 spiro atoms. The zero-order chi connectivity index (χ0) is 16.4. The van der Waals surface area contributed by atoms with Crippen molar-refractivity contribution < 1.29 is 20.4 Å². The molecule has 0 saturated carbocycles. The molecule has 3 unspecified atom stereocenters. The number of hydrogen-bond acceptors (Lipinski definition) is 4. The van der Waals surface area contributed by atoms with Crippen molar-refractivity contribution >= 4 is 0 Å². The van der Waals surface area contributed by atoms with Crippen LogP contribution in [0, 0.1) is 17.8 Å². The summed E-state index contributed by atoms with van der Waals surface area (Å²) in [5, 5.41) is 38.8. The van der Waals surface area contributed by atoms with E-state index in [1.807, 2.05) is 32.1 Å². The van der Waals surface area contributed by atoms with Gasteiger partial charge in [0.05, 0.1) is 19.3 Å². The molecule has 0 aliphatic heterocycles. The quantitative estimate of drug-likeness (QED) is 0.642. The molecule has 122 valence electrons. The number of allylic oxidation sites excluding steroid dienone is 4. The molecule has 4 nitrogen and oxygen atoms in total. The lowest BCUT2D eigenvalue weighted by Crippen LogP contribution is -2.27. The molecule has 2 rings (SSSR count). The summed E-state index contributed by atoms with van der Waals surface area (Å²) in [5.41, 5.74) is 3.42. The van der Waals surface area contributed by atoms with Gasteiger partial charge in [0.25, 0.3) is 0 Å². The third-order valence-corrected chi connectivity index (χ3v) is 4.98. The minimum Gasteiger partial charge on any atom is -0.508 e. The van der Waals surface area contributed by atoms with Gasteiger partial charge in [0.1, 0.15) is 5.76 Å². The van der Waals surface area contributed by atoms with Gasteiger partial charge in [-0.3, -0.25) is 0 Å². The van der Waals surface area contributed by atoms with Crippen molar-refractivity contribution in [2.24, 2.45) is 17.8 Å². The molecule has 0 radical (unpaired) electrons. The molecule has 2 aliphatic carbocycles. The minimum atomic E-state index is -0.619. The topological polar surface area (TPSA) is 80.9 Å². The van der Waals surface area contributed by atoms with Crippen LogP contribution in [-0.2, 0) is 0 Å². The lowest BCUT2D eigenvalue weighted by atomic mass is 9.76. The first-order valence-corrected chi connectivity index (χ1v) is 7.78. The summed E-state index contributed by atoms with van der Waals surface area (Å²) in [6, 6.07) is 0. The van der Waals surface area contributed by atoms with E-state index in [0.29, 0.717) is 5.57 Å². The molecule has 4 heteroatoms. The van der Waals surface area contributed by atoms with Crippen molar-refractivity contribution in [3.8, 4) is 0 Å². The second kappa shape index (κ2) is 6.82. The third-order valence-electron chi connectivity index (χ3n) is 4.98. The maximum Gasteiger partial charge on any atom is 0.119 e. The minimum absolute atomic E-state index is 0.0759. The first-order valence-electron chi connectivity index (χ1n) is 7.78. The maximum absolute atomic E-state index is 10.0. The third kappa shape index (κ3) is 3.19. The Kier molecular flexibility index (Phi) is 5.27. The maximum atomic E-state index is 10.0. The van der Waals surface area contributed by atoms with Gasteiger partial charge < -0.3 is 20.4 Å². The van der Waals surface area contributed by atoms with E-state index in [-0.39, 0.29) is 36.7 Å². The lowest BCUT2D eigenvalue weighted by molar-refractivity contribution is 0.116. The summed E-state index contributed by atoms with van der Waals surface area (Å²) in [4.78, 5) is 0. The molecule has 0 fully saturated rings. The average Bonchev–Trinajstić information content (AvgIpc) is 2.51. The van der Waals surface area contributed by atoms with Crippen molar-refractivity contribution in [2.45, 2.75) is 33.3 Å². The number of aliphatic hydroxyl groups excluding tert-OH is 4. The van der Waals surface area contributed by atoms with E-state index >= 15 is 0 Å². The highest BCUT2D eigenvalue weighted by molar-refractivity contribution is 5.38. The Morgan fingerprint density at radius 3 is 2.36 bits per heavy atom. The first-order chi connectivity index (χ1) is 10.4. The molecular formula is C18H26O4. The number of aliphatic hydroxyl groups is 4. The van der Waals surface area contributed by atoms with E-state index in [1.165, 1.54) is 0 Å². The molecule has 0 bridgehead atoms. The summed E-state index contributed by atoms with van der Waals surface area (Å²) in [7, 11) is 0. The van der Waals surface area contributed by atoms with E-state index in [0.717, 1.165) is 23.1 Å². The second-order valence-corrected chi connectivity index (χ2v) is 6.46. The SMILES string of the molecule is CC1=CC(CC2C=C(CO)C(O)=C(C)[C@@H]2C)=CC(CO)C1O. The molecule has 0 aromatic heterocycles. The highest BCUT2D eigenvalue weighted by atomic mass is 16.3. The molecule has 4 N–H and O–H groups in total. The van der Waals surface area contributed by atoms with Crippen LogP contribution >= 0.6 is 0 Å². The molecule has 22 heavy (non-hydrogen) atoms. The van der Waals surface area contributed by atoms with Gasteiger partial charge in [0.2, 0.25) is 0 Å². The normalized spacial score (nSPS) is 32.5. The Balaban J connectivity index is 2.22. The lowest BCUT2D eigenvalue weighted by Gasteiger charge is -2.31. The Bertz CT molecular complexity index is 553. The van der Waals surface area contributed by atoms with Crippen LogP contribution < -0.4 is 0 Å². The van der Waals surface area contributed by atoms with E-state index in [9.17, 15) is 20.4 Å². The van der Waals surface area contributed by atoms with Crippen molar-refractivity contribution in [1.82, 2.24) is 0 Å². The standard InChI is InChI=1S/C18H26O4/c1-10-4-13(6-15(8-19)17(10)21)5-14-7-16(9-20)18(22)12(3)11(14)2/h4,6-7,11,14-15,17,19-22H,5,8-9H2,1-3H3/t11-,14?,15?,17?/m0/s1. The largest absolute Gasteiger partial charge is 0.508 e. The summed E-state index contributed by atoms with van der Waals surface area (Å²) in [5.74, 6) is 0.316. The van der Waals surface area contributed by atoms with Crippen LogP contribution in [0.1, 0.15) is 27.2 Å². The van der Waals surface area contributed by atoms with Crippen LogP contribution in [0.3, 0.4) is 0 Å². The van der Waals surface area contributed by atoms with Crippen molar-refractivity contribution in [3.05, 3.63) is 46.3 Å². The van der Waals surface area contributed by atoms with E-state index in [2.05, 4.69) is 6.92 Å². The molecule has 0 aromatic rings. The molecule has 0 heterocycles. The molecule has 0 amide bonds. The predicted octanol–water partition coefficient (Wildman–Crippen LogP) is 2.25. The van der Waals surface area contributed by atoms with Crippen LogP contribution in [0.2, 0.25) is 0 Å². The first kappa shape index (κ1) is 17.0. The fourth-order valence-electron chi connectivity index (χ4n) is 3.32. The van der Waals surface area contributed by atoms with Gasteiger partial charge in [0.15, 0.2) is 0 Å². The summed E-state index contributed by atoms with van der Waals surface area (Å²) in [6.07, 6.45) is 5.99. The Hall–Kier alpha value is -1.36. The van der Waals surface area contributed by atoms with Gasteiger partial charge >= 0.3 is 0 Å². The van der Waals surface area contributed by atoms with Gasteiger partial charge in [-0.2, -0.15) is 0 Å². The van der Waals surface area contributed by atoms with Gasteiger partial charge in [-0.1, -0.05) is 30.7 Å². The zero-order valence-electron chi connectivity index (χ0n) is 13.5. The summed E-state index contributed by atoms with van der Waals surface area (Å²) >= 11 is 0. The van der Waals surface area contributed by atoms with E-state index in [1.54, 1.807) is 0 Å². The Morgan fingerprint density at radius 1 is 1.09 bits per heavy atom. The summed E-state index contributed by atoms with van der Waals surface area (Å²) in [6.45, 7) is 5.59. The van der Waals surface area contributed by atoms with Crippen LogP contribution in [-0.4, -0.2) is 39.7 Å². The van der Waals surface area contributed by atoms with Gasteiger partial charge in [-0.05, 0) is 43.3 Å². The van der Waals surface area contributed by atoms with E-state index in [4.69, 9.17) is 0 Å². The van der Waals surface area contributed by atoms with Crippen molar-refractivity contribution in [2.75, 3.05) is 13.2 Å². The van der Waals surface area contributed by atoms with Crippen LogP contribution in [0.25, 0.3) is 0 Å². The average molecular weight is 306 g/mol. The highest BCUT2D eigenvalue weighted by Gasteiger charge is 2.28. The van der Waals surface area contributed by atoms with Crippen molar-refractivity contribution in [1.29, 1.82) is 0 Å². The Labute approximate surface area is 131 Å². The molecule has 2 aliphatic rings.